The predicted octanol–water partition coefficient (Wildman–Crippen LogP) is 3.71. The van der Waals surface area contributed by atoms with Crippen LogP contribution in [0.5, 0.6) is 23.0 Å². The van der Waals surface area contributed by atoms with Gasteiger partial charge in [0.15, 0.2) is 11.5 Å². The first-order valence-corrected chi connectivity index (χ1v) is 8.29. The fourth-order valence-corrected chi connectivity index (χ4v) is 2.47. The molecular formula is C18H20ClFN2O5. The summed E-state index contributed by atoms with van der Waals surface area (Å²) in [5, 5.41) is 5.46. The van der Waals surface area contributed by atoms with Crippen molar-refractivity contribution in [1.29, 1.82) is 0 Å². The number of nitrogens with one attached hydrogen (secondary N) is 2. The summed E-state index contributed by atoms with van der Waals surface area (Å²) in [5.41, 5.74) is 0.462. The number of ether oxygens (including phenoxy) is 4. The van der Waals surface area contributed by atoms with Gasteiger partial charge in [0.05, 0.1) is 38.6 Å². The number of anilines is 1. The molecule has 0 unspecified atom stereocenters. The van der Waals surface area contributed by atoms with Gasteiger partial charge in [-0.05, 0) is 18.2 Å². The molecule has 0 aliphatic carbocycles. The van der Waals surface area contributed by atoms with Gasteiger partial charge < -0.3 is 29.6 Å². The van der Waals surface area contributed by atoms with Crippen LogP contribution in [0.3, 0.4) is 0 Å². The SMILES string of the molecule is COc1cc(NC(=O)NCCOc2ccc(F)cc2Cl)cc(OC)c1OC. The van der Waals surface area contributed by atoms with Gasteiger partial charge in [-0.2, -0.15) is 0 Å². The Bertz CT molecular complexity index is 778. The maximum absolute atomic E-state index is 13.0. The number of rotatable bonds is 8. The summed E-state index contributed by atoms with van der Waals surface area (Å²) in [5.74, 6) is 1.15. The number of methoxy groups -OCH3 is 3. The van der Waals surface area contributed by atoms with Crippen molar-refractivity contribution in [3.63, 3.8) is 0 Å². The van der Waals surface area contributed by atoms with Crippen molar-refractivity contribution in [1.82, 2.24) is 5.32 Å². The van der Waals surface area contributed by atoms with Crippen molar-refractivity contribution < 1.29 is 28.1 Å². The molecule has 0 bridgehead atoms. The highest BCUT2D eigenvalue weighted by molar-refractivity contribution is 6.32. The van der Waals surface area contributed by atoms with Crippen LogP contribution in [0, 0.1) is 5.82 Å². The minimum Gasteiger partial charge on any atom is -0.493 e. The highest BCUT2D eigenvalue weighted by Crippen LogP contribution is 2.39. The number of halogens is 2. The molecule has 9 heteroatoms. The average molecular weight is 399 g/mol. The van der Waals surface area contributed by atoms with Gasteiger partial charge in [-0.1, -0.05) is 11.6 Å². The van der Waals surface area contributed by atoms with Crippen molar-refractivity contribution in [2.45, 2.75) is 0 Å². The maximum Gasteiger partial charge on any atom is 0.319 e. The third-order valence-electron chi connectivity index (χ3n) is 3.46. The number of amides is 2. The van der Waals surface area contributed by atoms with Crippen molar-refractivity contribution in [3.05, 3.63) is 41.2 Å². The number of benzene rings is 2. The second-order valence-electron chi connectivity index (χ2n) is 5.22. The maximum atomic E-state index is 13.0. The highest BCUT2D eigenvalue weighted by atomic mass is 35.5. The standard InChI is InChI=1S/C18H20ClFN2O5/c1-24-15-9-12(10-16(25-2)17(15)26-3)22-18(23)21-6-7-27-14-5-4-11(20)8-13(14)19/h4-5,8-10H,6-7H2,1-3H3,(H2,21,22,23). The molecule has 2 amide bonds. The van der Waals surface area contributed by atoms with Crippen LogP contribution in [0.25, 0.3) is 0 Å². The van der Waals surface area contributed by atoms with Crippen molar-refractivity contribution >= 4 is 23.3 Å². The van der Waals surface area contributed by atoms with Gasteiger partial charge >= 0.3 is 6.03 Å². The zero-order valence-electron chi connectivity index (χ0n) is 15.1. The van der Waals surface area contributed by atoms with E-state index >= 15 is 0 Å². The lowest BCUT2D eigenvalue weighted by atomic mass is 10.2. The summed E-state index contributed by atoms with van der Waals surface area (Å²) in [6.07, 6.45) is 0. The molecule has 0 atom stereocenters. The lowest BCUT2D eigenvalue weighted by Crippen LogP contribution is -2.32. The number of hydrogen-bond acceptors (Lipinski definition) is 5. The van der Waals surface area contributed by atoms with E-state index < -0.39 is 11.8 Å². The second kappa shape index (κ2) is 9.72. The normalized spacial score (nSPS) is 10.1. The summed E-state index contributed by atoms with van der Waals surface area (Å²) in [7, 11) is 4.46. The molecule has 0 aliphatic rings. The topological polar surface area (TPSA) is 78.1 Å². The van der Waals surface area contributed by atoms with E-state index in [0.717, 1.165) is 6.07 Å². The minimum atomic E-state index is -0.449. The summed E-state index contributed by atoms with van der Waals surface area (Å²) in [4.78, 5) is 12.0. The van der Waals surface area contributed by atoms with Crippen LogP contribution in [0.15, 0.2) is 30.3 Å². The second-order valence-corrected chi connectivity index (χ2v) is 5.63. The first-order chi connectivity index (χ1) is 13.0. The summed E-state index contributed by atoms with van der Waals surface area (Å²) < 4.78 is 34.1. The molecule has 0 radical (unpaired) electrons. The molecule has 2 N–H and O–H groups in total. The van der Waals surface area contributed by atoms with E-state index in [1.165, 1.54) is 33.5 Å². The van der Waals surface area contributed by atoms with Crippen LogP contribution >= 0.6 is 11.6 Å². The summed E-state index contributed by atoms with van der Waals surface area (Å²) >= 11 is 5.86. The van der Waals surface area contributed by atoms with Crippen molar-refractivity contribution in [2.75, 3.05) is 39.8 Å². The van der Waals surface area contributed by atoms with Gasteiger partial charge in [-0.3, -0.25) is 0 Å². The van der Waals surface area contributed by atoms with Crippen molar-refractivity contribution in [2.24, 2.45) is 0 Å². The summed E-state index contributed by atoms with van der Waals surface area (Å²) in [6.45, 7) is 0.373. The average Bonchev–Trinajstić information content (AvgIpc) is 2.65. The molecule has 0 saturated carbocycles. The van der Waals surface area contributed by atoms with Crippen LogP contribution in [-0.4, -0.2) is 40.5 Å². The van der Waals surface area contributed by atoms with E-state index in [1.54, 1.807) is 12.1 Å². The Morgan fingerprint density at radius 2 is 1.70 bits per heavy atom. The Hall–Kier alpha value is -2.87. The van der Waals surface area contributed by atoms with Gasteiger partial charge in [0, 0.05) is 12.1 Å². The Morgan fingerprint density at radius 3 is 2.26 bits per heavy atom. The third kappa shape index (κ3) is 5.55. The number of hydrogen-bond donors (Lipinski definition) is 2. The third-order valence-corrected chi connectivity index (χ3v) is 3.76. The van der Waals surface area contributed by atoms with Crippen LogP contribution in [0.1, 0.15) is 0 Å². The first-order valence-electron chi connectivity index (χ1n) is 7.91. The molecular weight excluding hydrogens is 379 g/mol. The van der Waals surface area contributed by atoms with Crippen LogP contribution in [0.4, 0.5) is 14.9 Å². The predicted molar refractivity (Wildman–Crippen MR) is 100 cm³/mol. The Labute approximate surface area is 161 Å². The lowest BCUT2D eigenvalue weighted by molar-refractivity contribution is 0.247. The van der Waals surface area contributed by atoms with Gasteiger partial charge in [-0.25, -0.2) is 9.18 Å². The largest absolute Gasteiger partial charge is 0.493 e. The van der Waals surface area contributed by atoms with E-state index in [2.05, 4.69) is 10.6 Å². The molecule has 0 spiro atoms. The molecule has 2 aromatic rings. The number of urea groups is 1. The molecule has 0 heterocycles. The van der Waals surface area contributed by atoms with E-state index in [4.69, 9.17) is 30.5 Å². The van der Waals surface area contributed by atoms with Crippen LogP contribution < -0.4 is 29.6 Å². The molecule has 27 heavy (non-hydrogen) atoms. The highest BCUT2D eigenvalue weighted by Gasteiger charge is 2.14. The molecule has 2 rings (SSSR count). The molecule has 0 aromatic heterocycles. The van der Waals surface area contributed by atoms with Crippen LogP contribution in [0.2, 0.25) is 5.02 Å². The van der Waals surface area contributed by atoms with Crippen molar-refractivity contribution in [3.8, 4) is 23.0 Å². The van der Waals surface area contributed by atoms with Crippen LogP contribution in [-0.2, 0) is 0 Å². The molecule has 0 fully saturated rings. The Kier molecular flexibility index (Phi) is 7.36. The molecule has 0 aliphatic heterocycles. The fourth-order valence-electron chi connectivity index (χ4n) is 2.25. The molecule has 2 aromatic carbocycles. The van der Waals surface area contributed by atoms with Gasteiger partial charge in [0.1, 0.15) is 18.2 Å². The van der Waals surface area contributed by atoms with E-state index in [-0.39, 0.29) is 18.2 Å². The number of carbonyl (C=O) groups is 1. The zero-order valence-corrected chi connectivity index (χ0v) is 15.9. The van der Waals surface area contributed by atoms with Gasteiger partial charge in [0.25, 0.3) is 0 Å². The quantitative estimate of drug-likeness (QED) is 0.663. The van der Waals surface area contributed by atoms with E-state index in [1.807, 2.05) is 0 Å². The number of carbonyl (C=O) groups excluding carboxylic acids is 1. The molecule has 146 valence electrons. The molecule has 7 nitrogen and oxygen atoms in total. The first kappa shape index (κ1) is 20.4. The fraction of sp³-hybridized carbons (Fsp3) is 0.278. The Balaban J connectivity index is 1.88. The minimum absolute atomic E-state index is 0.161. The smallest absolute Gasteiger partial charge is 0.319 e. The van der Waals surface area contributed by atoms with E-state index in [0.29, 0.717) is 28.7 Å². The summed E-state index contributed by atoms with van der Waals surface area (Å²) in [6, 6.07) is 6.59. The van der Waals surface area contributed by atoms with Gasteiger partial charge in [0.2, 0.25) is 5.75 Å². The monoisotopic (exact) mass is 398 g/mol. The van der Waals surface area contributed by atoms with E-state index in [9.17, 15) is 9.18 Å². The zero-order chi connectivity index (χ0) is 19.8. The lowest BCUT2D eigenvalue weighted by Gasteiger charge is -2.15. The molecule has 0 saturated heterocycles. The van der Waals surface area contributed by atoms with Gasteiger partial charge in [-0.15, -0.1) is 0 Å². The Morgan fingerprint density at radius 1 is 1.04 bits per heavy atom.